The topological polar surface area (TPSA) is 93.3 Å². The third-order valence-electron chi connectivity index (χ3n) is 10.6. The normalized spacial score (nSPS) is 23.6. The number of amides is 2. The second-order valence-electron chi connectivity index (χ2n) is 14.7. The van der Waals surface area contributed by atoms with E-state index in [4.69, 9.17) is 4.74 Å². The minimum Gasteiger partial charge on any atom is -0.484 e. The standard InChI is InChI=1S/C35H47N9O2/c1-34(2,3)29-21-31(42(29)6)37-32(45)36-27-12-13-28(26-10-8-7-9-25(26)27)46-24-11-14-30-38-39-33(44(30)22-24)43-17-15-35(16-18-43)23-40(4)19-20-41(35)5/h7-11,14,21-22,27-28H,12-13,15-20,23H2,1-6H3,(H,36,45)/p+1. The maximum Gasteiger partial charge on any atom is 0.407 e. The lowest BCUT2D eigenvalue weighted by Crippen LogP contribution is -2.63. The highest BCUT2D eigenvalue weighted by molar-refractivity contribution is 5.99. The third kappa shape index (κ3) is 5.64. The molecule has 0 saturated carbocycles. The van der Waals surface area contributed by atoms with Crippen LogP contribution in [-0.2, 0) is 0 Å². The summed E-state index contributed by atoms with van der Waals surface area (Å²) in [6.07, 6.45) is 7.74. The summed E-state index contributed by atoms with van der Waals surface area (Å²) in [6.45, 7) is 11.8. The van der Waals surface area contributed by atoms with Crippen molar-refractivity contribution in [2.75, 3.05) is 58.8 Å². The summed E-state index contributed by atoms with van der Waals surface area (Å²) in [6, 6.07) is 12.0. The van der Waals surface area contributed by atoms with Gasteiger partial charge in [-0.15, -0.1) is 10.2 Å². The van der Waals surface area contributed by atoms with Crippen molar-refractivity contribution < 1.29 is 14.1 Å². The Bertz CT molecular complexity index is 1700. The van der Waals surface area contributed by atoms with E-state index in [-0.39, 0.29) is 29.1 Å². The minimum absolute atomic E-state index is 0.0363. The monoisotopic (exact) mass is 626 g/mol. The molecule has 2 N–H and O–H groups in total. The van der Waals surface area contributed by atoms with Gasteiger partial charge in [0.25, 0.3) is 5.82 Å². The van der Waals surface area contributed by atoms with Crippen LogP contribution in [0.3, 0.4) is 0 Å². The molecule has 2 unspecified atom stereocenters. The number of piperazine rings is 1. The van der Waals surface area contributed by atoms with Gasteiger partial charge in [-0.2, -0.15) is 5.32 Å². The van der Waals surface area contributed by atoms with Crippen LogP contribution in [0.25, 0.3) is 5.65 Å². The lowest BCUT2D eigenvalue weighted by Gasteiger charge is -2.52. The lowest BCUT2D eigenvalue weighted by atomic mass is 9.84. The summed E-state index contributed by atoms with van der Waals surface area (Å²) in [5.74, 6) is 2.47. The second kappa shape index (κ2) is 11.7. The van der Waals surface area contributed by atoms with Crippen molar-refractivity contribution >= 4 is 23.3 Å². The molecule has 4 aliphatic rings. The number of aromatic nitrogens is 3. The first-order valence-electron chi connectivity index (χ1n) is 16.7. The van der Waals surface area contributed by atoms with Gasteiger partial charge in [-0.05, 0) is 63.0 Å². The van der Waals surface area contributed by atoms with Crippen molar-refractivity contribution in [2.24, 2.45) is 5.41 Å². The van der Waals surface area contributed by atoms with Crippen molar-refractivity contribution in [2.45, 2.75) is 64.1 Å². The van der Waals surface area contributed by atoms with Gasteiger partial charge in [-0.1, -0.05) is 45.0 Å². The second-order valence-corrected chi connectivity index (χ2v) is 14.7. The van der Waals surface area contributed by atoms with Crippen molar-refractivity contribution in [3.05, 3.63) is 65.6 Å². The van der Waals surface area contributed by atoms with Gasteiger partial charge < -0.3 is 19.9 Å². The van der Waals surface area contributed by atoms with Crippen molar-refractivity contribution in [1.82, 2.24) is 35.0 Å². The number of pyridine rings is 1. The molecule has 1 spiro atoms. The molecule has 2 atom stereocenters. The van der Waals surface area contributed by atoms with E-state index in [1.807, 2.05) is 48.2 Å². The number of anilines is 1. The fourth-order valence-corrected chi connectivity index (χ4v) is 7.79. The zero-order chi connectivity index (χ0) is 32.2. The molecule has 2 saturated heterocycles. The Morgan fingerprint density at radius 1 is 1.00 bits per heavy atom. The van der Waals surface area contributed by atoms with Crippen molar-refractivity contribution in [3.8, 4) is 5.75 Å². The van der Waals surface area contributed by atoms with Gasteiger partial charge in [-0.25, -0.2) is 9.37 Å². The van der Waals surface area contributed by atoms with Gasteiger partial charge >= 0.3 is 6.03 Å². The van der Waals surface area contributed by atoms with Gasteiger partial charge in [0, 0.05) is 43.7 Å². The van der Waals surface area contributed by atoms with Gasteiger partial charge in [0.05, 0.1) is 25.4 Å². The Kier molecular flexibility index (Phi) is 7.79. The molecule has 0 bridgehead atoms. The maximum absolute atomic E-state index is 13.0. The summed E-state index contributed by atoms with van der Waals surface area (Å²) >= 11 is 0. The largest absolute Gasteiger partial charge is 0.484 e. The van der Waals surface area contributed by atoms with Crippen LogP contribution in [-0.4, -0.2) is 100 Å². The van der Waals surface area contributed by atoms with E-state index in [1.54, 1.807) is 0 Å². The van der Waals surface area contributed by atoms with E-state index < -0.39 is 0 Å². The van der Waals surface area contributed by atoms with E-state index in [0.717, 1.165) is 92.7 Å². The molecule has 1 aromatic carbocycles. The number of likely N-dealkylation sites (N-methyl/N-ethyl adjacent to an activating group) is 2. The van der Waals surface area contributed by atoms with Gasteiger partial charge in [0.15, 0.2) is 5.65 Å². The van der Waals surface area contributed by atoms with Gasteiger partial charge in [0.2, 0.25) is 5.95 Å². The number of piperidine rings is 1. The fourth-order valence-electron chi connectivity index (χ4n) is 7.79. The smallest absolute Gasteiger partial charge is 0.407 e. The molecule has 3 aliphatic heterocycles. The first kappa shape index (κ1) is 30.7. The van der Waals surface area contributed by atoms with E-state index in [9.17, 15) is 4.79 Å². The van der Waals surface area contributed by atoms with E-state index in [2.05, 4.69) is 86.9 Å². The fraction of sp³-hybridized carbons (Fsp3) is 0.543. The van der Waals surface area contributed by atoms with E-state index in [0.29, 0.717) is 0 Å². The zero-order valence-corrected chi connectivity index (χ0v) is 28.1. The van der Waals surface area contributed by atoms with Crippen molar-refractivity contribution in [3.63, 3.8) is 0 Å². The highest BCUT2D eigenvalue weighted by Crippen LogP contribution is 2.39. The molecule has 244 valence electrons. The number of carbonyl (C=O) groups excluding carboxylic acids is 1. The molecule has 2 amide bonds. The van der Waals surface area contributed by atoms with E-state index >= 15 is 0 Å². The predicted molar refractivity (Wildman–Crippen MR) is 179 cm³/mol. The summed E-state index contributed by atoms with van der Waals surface area (Å²) in [5, 5.41) is 15.3. The molecule has 7 rings (SSSR count). The number of urea groups is 1. The number of ether oxygens (including phenoxy) is 1. The molecule has 11 heteroatoms. The summed E-state index contributed by atoms with van der Waals surface area (Å²) in [7, 11) is 6.51. The number of hydrogen-bond donors (Lipinski definition) is 2. The molecule has 0 radical (unpaired) electrons. The first-order valence-corrected chi connectivity index (χ1v) is 16.7. The van der Waals surface area contributed by atoms with Crippen LogP contribution in [0.5, 0.6) is 5.75 Å². The number of allylic oxidation sites excluding steroid dienone is 1. The number of carbonyl (C=O) groups is 1. The lowest BCUT2D eigenvalue weighted by molar-refractivity contribution is -0.464. The molecular formula is C35H48N9O2+. The molecule has 1 aliphatic carbocycles. The average molecular weight is 627 g/mol. The minimum atomic E-state index is -0.193. The van der Waals surface area contributed by atoms with Crippen LogP contribution in [0, 0.1) is 5.41 Å². The zero-order valence-electron chi connectivity index (χ0n) is 28.1. The van der Waals surface area contributed by atoms with Crippen LogP contribution < -0.4 is 20.3 Å². The molecule has 2 aromatic heterocycles. The molecule has 46 heavy (non-hydrogen) atoms. The van der Waals surface area contributed by atoms with Crippen LogP contribution >= 0.6 is 0 Å². The summed E-state index contributed by atoms with van der Waals surface area (Å²) in [4.78, 5) is 20.4. The Labute approximate surface area is 271 Å². The summed E-state index contributed by atoms with van der Waals surface area (Å²) < 4.78 is 10.8. The highest BCUT2D eigenvalue weighted by atomic mass is 16.5. The number of nitrogens with zero attached hydrogens (tertiary/aromatic N) is 7. The SMILES string of the molecule is CN1CCN(C)C2(CCN(c3nnc4ccc(OC5CCC(NC(=O)NC6=CC(C(C)(C)C)=[N+]6C)c6ccccc65)cn34)CC2)C1. The van der Waals surface area contributed by atoms with Crippen LogP contribution in [0.1, 0.15) is 69.7 Å². The number of fused-ring (bicyclic) bond motifs is 2. The maximum atomic E-state index is 13.0. The Morgan fingerprint density at radius 3 is 2.50 bits per heavy atom. The number of nitrogens with one attached hydrogen (secondary N) is 2. The molecule has 3 aromatic rings. The van der Waals surface area contributed by atoms with Crippen LogP contribution in [0.2, 0.25) is 0 Å². The number of rotatable bonds is 5. The average Bonchev–Trinajstić information content (AvgIpc) is 3.45. The van der Waals surface area contributed by atoms with Crippen LogP contribution in [0.15, 0.2) is 54.5 Å². The number of benzene rings is 1. The highest BCUT2D eigenvalue weighted by Gasteiger charge is 2.42. The summed E-state index contributed by atoms with van der Waals surface area (Å²) in [5.41, 5.74) is 4.49. The first-order chi connectivity index (χ1) is 22.0. The molecule has 2 fully saturated rings. The van der Waals surface area contributed by atoms with Gasteiger partial charge in [0.1, 0.15) is 17.6 Å². The van der Waals surface area contributed by atoms with Crippen molar-refractivity contribution in [1.29, 1.82) is 0 Å². The predicted octanol–water partition coefficient (Wildman–Crippen LogP) is 4.18. The Balaban J connectivity index is 1.03. The molecule has 11 nitrogen and oxygen atoms in total. The van der Waals surface area contributed by atoms with Gasteiger partial charge in [-0.3, -0.25) is 9.30 Å². The van der Waals surface area contributed by atoms with Crippen LogP contribution in [0.4, 0.5) is 10.7 Å². The third-order valence-corrected chi connectivity index (χ3v) is 10.6. The molecular weight excluding hydrogens is 578 g/mol. The Morgan fingerprint density at radius 2 is 1.76 bits per heavy atom. The quantitative estimate of drug-likeness (QED) is 0.411. The molecule has 5 heterocycles. The Hall–Kier alpha value is -3.96. The number of hydrogen-bond acceptors (Lipinski definition) is 7. The van der Waals surface area contributed by atoms with E-state index in [1.165, 1.54) is 5.71 Å².